The van der Waals surface area contributed by atoms with Gasteiger partial charge in [-0.3, -0.25) is 0 Å². The van der Waals surface area contributed by atoms with Crippen molar-refractivity contribution in [2.24, 2.45) is 0 Å². The molecule has 0 aliphatic heterocycles. The van der Waals surface area contributed by atoms with Crippen LogP contribution < -0.4 is 4.57 Å². The fourth-order valence-corrected chi connectivity index (χ4v) is 1.76. The molecule has 0 bridgehead atoms. The van der Waals surface area contributed by atoms with Crippen molar-refractivity contribution in [1.29, 1.82) is 5.26 Å². The molecule has 1 heterocycles. The van der Waals surface area contributed by atoms with Gasteiger partial charge in [0.05, 0.1) is 11.6 Å². The highest BCUT2D eigenvalue weighted by Gasteiger charge is 1.99. The largest absolute Gasteiger partial charge is 0.205 e. The topological polar surface area (TPSA) is 27.7 Å². The predicted molar refractivity (Wildman–Crippen MR) is 64.7 cm³/mol. The smallest absolute Gasteiger partial charge is 0.170 e. The van der Waals surface area contributed by atoms with Crippen LogP contribution in [-0.4, -0.2) is 0 Å². The molecule has 1 aromatic heterocycles. The average molecular weight is 217 g/mol. The second-order valence-corrected chi connectivity index (χ2v) is 4.20. The van der Waals surface area contributed by atoms with Gasteiger partial charge in [0.1, 0.15) is 6.54 Å². The number of nitriles is 1. The fourth-order valence-electron chi connectivity index (χ4n) is 1.76. The van der Waals surface area contributed by atoms with E-state index in [0.29, 0.717) is 0 Å². The summed E-state index contributed by atoms with van der Waals surface area (Å²) in [6.45, 7) is 3.31. The maximum Gasteiger partial charge on any atom is 0.170 e. The highest BCUT2D eigenvalue weighted by Crippen LogP contribution is 2.04. The van der Waals surface area contributed by atoms with Crippen LogP contribution in [-0.2, 0) is 6.54 Å². The molecule has 0 fully saturated rings. The SMILES string of the molecule is CCCCCCCC[n+]1ccc(C#N)cc1. The summed E-state index contributed by atoms with van der Waals surface area (Å²) in [5, 5.41) is 8.67. The van der Waals surface area contributed by atoms with Gasteiger partial charge in [-0.1, -0.05) is 32.6 Å². The van der Waals surface area contributed by atoms with Crippen LogP contribution in [0.2, 0.25) is 0 Å². The van der Waals surface area contributed by atoms with Gasteiger partial charge in [-0.15, -0.1) is 0 Å². The van der Waals surface area contributed by atoms with E-state index < -0.39 is 0 Å². The van der Waals surface area contributed by atoms with Crippen LogP contribution >= 0.6 is 0 Å². The summed E-state index contributed by atoms with van der Waals surface area (Å²) in [4.78, 5) is 0. The number of hydrogen-bond acceptors (Lipinski definition) is 1. The maximum atomic E-state index is 8.67. The first-order valence-electron chi connectivity index (χ1n) is 6.26. The molecule has 0 radical (unpaired) electrons. The molecule has 0 atom stereocenters. The Hall–Kier alpha value is -1.36. The minimum atomic E-state index is 0.735. The van der Waals surface area contributed by atoms with Gasteiger partial charge in [0.2, 0.25) is 0 Å². The Labute approximate surface area is 98.5 Å². The van der Waals surface area contributed by atoms with Crippen molar-refractivity contribution in [1.82, 2.24) is 0 Å². The molecule has 0 aliphatic carbocycles. The average Bonchev–Trinajstić information content (AvgIpc) is 2.34. The van der Waals surface area contributed by atoms with Crippen LogP contribution in [0.25, 0.3) is 0 Å². The third kappa shape index (κ3) is 4.93. The number of aromatic nitrogens is 1. The van der Waals surface area contributed by atoms with Crippen molar-refractivity contribution < 1.29 is 4.57 Å². The molecule has 2 nitrogen and oxygen atoms in total. The normalized spacial score (nSPS) is 10.0. The van der Waals surface area contributed by atoms with Crippen molar-refractivity contribution in [2.45, 2.75) is 52.0 Å². The standard InChI is InChI=1S/C14H21N2/c1-2-3-4-5-6-7-10-16-11-8-14(13-15)9-12-16/h8-9,11-12H,2-7,10H2,1H3/q+1. The van der Waals surface area contributed by atoms with E-state index in [4.69, 9.17) is 5.26 Å². The van der Waals surface area contributed by atoms with Gasteiger partial charge in [0.25, 0.3) is 0 Å². The van der Waals surface area contributed by atoms with E-state index in [9.17, 15) is 0 Å². The fraction of sp³-hybridized carbons (Fsp3) is 0.571. The van der Waals surface area contributed by atoms with Crippen molar-refractivity contribution in [2.75, 3.05) is 0 Å². The summed E-state index contributed by atoms with van der Waals surface area (Å²) < 4.78 is 2.15. The molecule has 2 heteroatoms. The summed E-state index contributed by atoms with van der Waals surface area (Å²) >= 11 is 0. The van der Waals surface area contributed by atoms with Crippen LogP contribution in [0, 0.1) is 11.3 Å². The Bertz CT molecular complexity index is 322. The second-order valence-electron chi connectivity index (χ2n) is 4.20. The molecule has 0 N–H and O–H groups in total. The number of hydrogen-bond donors (Lipinski definition) is 0. The van der Waals surface area contributed by atoms with Gasteiger partial charge in [-0.05, 0) is 6.42 Å². The van der Waals surface area contributed by atoms with E-state index in [0.717, 1.165) is 12.1 Å². The Kier molecular flexibility index (Phi) is 6.25. The van der Waals surface area contributed by atoms with Crippen molar-refractivity contribution in [3.05, 3.63) is 30.1 Å². The Morgan fingerprint density at radius 3 is 2.31 bits per heavy atom. The third-order valence-corrected chi connectivity index (χ3v) is 2.79. The Balaban J connectivity index is 2.15. The molecule has 16 heavy (non-hydrogen) atoms. The van der Waals surface area contributed by atoms with Crippen molar-refractivity contribution >= 4 is 0 Å². The van der Waals surface area contributed by atoms with E-state index >= 15 is 0 Å². The summed E-state index contributed by atoms with van der Waals surface area (Å²) in [5.74, 6) is 0. The number of aryl methyl sites for hydroxylation is 1. The van der Waals surface area contributed by atoms with E-state index in [-0.39, 0.29) is 0 Å². The predicted octanol–water partition coefficient (Wildman–Crippen LogP) is 3.21. The van der Waals surface area contributed by atoms with E-state index in [1.807, 2.05) is 24.5 Å². The first kappa shape index (κ1) is 12.7. The molecule has 1 aromatic rings. The van der Waals surface area contributed by atoms with Gasteiger partial charge in [0, 0.05) is 18.6 Å². The molecule has 0 aliphatic rings. The third-order valence-electron chi connectivity index (χ3n) is 2.79. The zero-order valence-corrected chi connectivity index (χ0v) is 10.2. The lowest BCUT2D eigenvalue weighted by atomic mass is 10.1. The molecule has 0 unspecified atom stereocenters. The molecule has 0 saturated heterocycles. The molecular formula is C14H21N2+. The minimum Gasteiger partial charge on any atom is -0.205 e. The second kappa shape index (κ2) is 7.87. The van der Waals surface area contributed by atoms with Crippen molar-refractivity contribution in [3.63, 3.8) is 0 Å². The van der Waals surface area contributed by atoms with Crippen LogP contribution in [0.4, 0.5) is 0 Å². The lowest BCUT2D eigenvalue weighted by Crippen LogP contribution is -2.32. The Morgan fingerprint density at radius 1 is 1.06 bits per heavy atom. The molecular weight excluding hydrogens is 196 g/mol. The number of unbranched alkanes of at least 4 members (excludes halogenated alkanes) is 5. The highest BCUT2D eigenvalue weighted by atomic mass is 14.9. The van der Waals surface area contributed by atoms with Crippen LogP contribution in [0.5, 0.6) is 0 Å². The first-order chi connectivity index (χ1) is 7.86. The molecule has 1 rings (SSSR count). The van der Waals surface area contributed by atoms with Crippen LogP contribution in [0.1, 0.15) is 51.0 Å². The van der Waals surface area contributed by atoms with Gasteiger partial charge in [0.15, 0.2) is 12.4 Å². The zero-order valence-electron chi connectivity index (χ0n) is 10.2. The Morgan fingerprint density at radius 2 is 1.69 bits per heavy atom. The molecule has 0 amide bonds. The lowest BCUT2D eigenvalue weighted by molar-refractivity contribution is -0.697. The molecule has 0 aromatic carbocycles. The van der Waals surface area contributed by atoms with Gasteiger partial charge in [-0.25, -0.2) is 4.57 Å². The van der Waals surface area contributed by atoms with Gasteiger partial charge >= 0.3 is 0 Å². The number of nitrogens with zero attached hydrogens (tertiary/aromatic N) is 2. The van der Waals surface area contributed by atoms with Gasteiger partial charge in [-0.2, -0.15) is 5.26 Å². The van der Waals surface area contributed by atoms with Gasteiger partial charge < -0.3 is 0 Å². The number of pyridine rings is 1. The first-order valence-corrected chi connectivity index (χ1v) is 6.26. The summed E-state index contributed by atoms with van der Waals surface area (Å²) in [5.41, 5.74) is 0.735. The van der Waals surface area contributed by atoms with E-state index in [1.54, 1.807) is 0 Å². The zero-order chi connectivity index (χ0) is 11.6. The molecule has 0 spiro atoms. The highest BCUT2D eigenvalue weighted by molar-refractivity contribution is 5.23. The van der Waals surface area contributed by atoms with Crippen molar-refractivity contribution in [3.8, 4) is 6.07 Å². The van der Waals surface area contributed by atoms with Crippen LogP contribution in [0.15, 0.2) is 24.5 Å². The summed E-state index contributed by atoms with van der Waals surface area (Å²) in [6.07, 6.45) is 11.9. The maximum absolute atomic E-state index is 8.67. The summed E-state index contributed by atoms with van der Waals surface area (Å²) in [6, 6.07) is 5.88. The number of rotatable bonds is 7. The monoisotopic (exact) mass is 217 g/mol. The lowest BCUT2D eigenvalue weighted by Gasteiger charge is -1.98. The van der Waals surface area contributed by atoms with E-state index in [2.05, 4.69) is 17.6 Å². The quantitative estimate of drug-likeness (QED) is 0.509. The van der Waals surface area contributed by atoms with E-state index in [1.165, 1.54) is 38.5 Å². The molecule has 0 saturated carbocycles. The van der Waals surface area contributed by atoms with Crippen LogP contribution in [0.3, 0.4) is 0 Å². The minimum absolute atomic E-state index is 0.735. The summed E-state index contributed by atoms with van der Waals surface area (Å²) in [7, 11) is 0. The molecule has 86 valence electrons.